The van der Waals surface area contributed by atoms with E-state index in [1.54, 1.807) is 0 Å². The van der Waals surface area contributed by atoms with E-state index in [4.69, 9.17) is 5.11 Å². The first-order valence-electron chi connectivity index (χ1n) is 9.78. The zero-order valence-electron chi connectivity index (χ0n) is 15.0. The van der Waals surface area contributed by atoms with E-state index in [1.165, 1.54) is 83.0 Å². The number of anilines is 1. The Hall–Kier alpha value is -1.02. The first-order chi connectivity index (χ1) is 11.3. The van der Waals surface area contributed by atoms with Crippen molar-refractivity contribution in [3.05, 3.63) is 29.8 Å². The molecule has 1 aliphatic rings. The molecule has 2 rings (SSSR count). The van der Waals surface area contributed by atoms with E-state index in [-0.39, 0.29) is 6.61 Å². The molecule has 0 atom stereocenters. The van der Waals surface area contributed by atoms with Crippen LogP contribution in [0.2, 0.25) is 0 Å². The van der Waals surface area contributed by atoms with Crippen LogP contribution in [0.25, 0.3) is 0 Å². The van der Waals surface area contributed by atoms with Crippen LogP contribution in [0.15, 0.2) is 24.3 Å². The molecule has 130 valence electrons. The predicted molar refractivity (Wildman–Crippen MR) is 99.9 cm³/mol. The SMILES string of the molecule is CCCCCCCCCC1CCN(c2ccc(CO)cc2)CC1. The number of benzene rings is 1. The van der Waals surface area contributed by atoms with Crippen LogP contribution in [0.5, 0.6) is 0 Å². The van der Waals surface area contributed by atoms with E-state index in [0.29, 0.717) is 0 Å². The van der Waals surface area contributed by atoms with Gasteiger partial charge in [0.25, 0.3) is 0 Å². The summed E-state index contributed by atoms with van der Waals surface area (Å²) in [5.41, 5.74) is 2.32. The Kier molecular flexibility index (Phi) is 8.52. The van der Waals surface area contributed by atoms with Gasteiger partial charge < -0.3 is 10.0 Å². The highest BCUT2D eigenvalue weighted by Crippen LogP contribution is 2.27. The summed E-state index contributed by atoms with van der Waals surface area (Å²) in [7, 11) is 0. The molecule has 1 aliphatic heterocycles. The van der Waals surface area contributed by atoms with E-state index >= 15 is 0 Å². The van der Waals surface area contributed by atoms with Crippen LogP contribution < -0.4 is 4.90 Å². The second kappa shape index (κ2) is 10.7. The molecule has 2 heteroatoms. The maximum Gasteiger partial charge on any atom is 0.0681 e. The number of rotatable bonds is 10. The number of aliphatic hydroxyl groups excluding tert-OH is 1. The average molecular weight is 318 g/mol. The normalized spacial score (nSPS) is 16.0. The summed E-state index contributed by atoms with van der Waals surface area (Å²) in [6.07, 6.45) is 14.1. The highest BCUT2D eigenvalue weighted by molar-refractivity contribution is 5.47. The molecule has 0 aromatic heterocycles. The third-order valence-electron chi connectivity index (χ3n) is 5.31. The number of unbranched alkanes of at least 4 members (excludes halogenated alkanes) is 6. The standard InChI is InChI=1S/C21H35NO/c1-2-3-4-5-6-7-8-9-19-14-16-22(17-15-19)21-12-10-20(18-23)11-13-21/h10-13,19,23H,2-9,14-18H2,1H3. The predicted octanol–water partition coefficient (Wildman–Crippen LogP) is 5.54. The van der Waals surface area contributed by atoms with Crippen molar-refractivity contribution in [2.45, 2.75) is 77.7 Å². The van der Waals surface area contributed by atoms with E-state index in [2.05, 4.69) is 24.0 Å². The number of aliphatic hydroxyl groups is 1. The van der Waals surface area contributed by atoms with Gasteiger partial charge in [-0.25, -0.2) is 0 Å². The van der Waals surface area contributed by atoms with Crippen molar-refractivity contribution in [2.75, 3.05) is 18.0 Å². The molecule has 0 spiro atoms. The van der Waals surface area contributed by atoms with Gasteiger partial charge in [0.05, 0.1) is 6.61 Å². The monoisotopic (exact) mass is 317 g/mol. The third kappa shape index (κ3) is 6.55. The lowest BCUT2D eigenvalue weighted by Gasteiger charge is -2.33. The molecule has 1 fully saturated rings. The fourth-order valence-corrected chi connectivity index (χ4v) is 3.68. The van der Waals surface area contributed by atoms with Crippen LogP contribution in [0, 0.1) is 5.92 Å². The Morgan fingerprint density at radius 3 is 2.13 bits per heavy atom. The molecule has 0 radical (unpaired) electrons. The second-order valence-electron chi connectivity index (χ2n) is 7.16. The van der Waals surface area contributed by atoms with Gasteiger partial charge in [0.2, 0.25) is 0 Å². The smallest absolute Gasteiger partial charge is 0.0681 e. The Morgan fingerprint density at radius 2 is 1.52 bits per heavy atom. The van der Waals surface area contributed by atoms with Gasteiger partial charge >= 0.3 is 0 Å². The van der Waals surface area contributed by atoms with Crippen LogP contribution in [-0.2, 0) is 6.61 Å². The summed E-state index contributed by atoms with van der Waals surface area (Å²) in [5.74, 6) is 0.943. The Labute approximate surface area is 142 Å². The first-order valence-corrected chi connectivity index (χ1v) is 9.78. The molecule has 0 saturated carbocycles. The number of nitrogens with zero attached hydrogens (tertiary/aromatic N) is 1. The van der Waals surface area contributed by atoms with Gasteiger partial charge in [-0.15, -0.1) is 0 Å². The van der Waals surface area contributed by atoms with Crippen LogP contribution in [0.1, 0.15) is 76.7 Å². The van der Waals surface area contributed by atoms with Crippen molar-refractivity contribution in [1.29, 1.82) is 0 Å². The maximum atomic E-state index is 9.12. The Morgan fingerprint density at radius 1 is 0.913 bits per heavy atom. The molecule has 1 heterocycles. The molecule has 0 amide bonds. The average Bonchev–Trinajstić information content (AvgIpc) is 2.61. The molecule has 23 heavy (non-hydrogen) atoms. The molecule has 0 aliphatic carbocycles. The van der Waals surface area contributed by atoms with Crippen molar-refractivity contribution >= 4 is 5.69 Å². The summed E-state index contributed by atoms with van der Waals surface area (Å²) in [4.78, 5) is 2.50. The van der Waals surface area contributed by atoms with E-state index in [9.17, 15) is 0 Å². The molecule has 2 nitrogen and oxygen atoms in total. The van der Waals surface area contributed by atoms with Gasteiger partial charge in [-0.1, -0.05) is 70.4 Å². The summed E-state index contributed by atoms with van der Waals surface area (Å²) in [5, 5.41) is 9.12. The molecule has 0 unspecified atom stereocenters. The lowest BCUT2D eigenvalue weighted by Crippen LogP contribution is -2.33. The zero-order valence-corrected chi connectivity index (χ0v) is 15.0. The highest BCUT2D eigenvalue weighted by Gasteiger charge is 2.18. The summed E-state index contributed by atoms with van der Waals surface area (Å²) >= 11 is 0. The van der Waals surface area contributed by atoms with Crippen molar-refractivity contribution in [1.82, 2.24) is 0 Å². The summed E-state index contributed by atoms with van der Waals surface area (Å²) < 4.78 is 0. The van der Waals surface area contributed by atoms with Gasteiger partial charge in [-0.2, -0.15) is 0 Å². The molecular weight excluding hydrogens is 282 g/mol. The maximum absolute atomic E-state index is 9.12. The summed E-state index contributed by atoms with van der Waals surface area (Å²) in [6, 6.07) is 8.39. The van der Waals surface area contributed by atoms with Crippen molar-refractivity contribution in [3.63, 3.8) is 0 Å². The minimum absolute atomic E-state index is 0.140. The fraction of sp³-hybridized carbons (Fsp3) is 0.714. The first kappa shape index (κ1) is 18.3. The quantitative estimate of drug-likeness (QED) is 0.573. The van der Waals surface area contributed by atoms with Crippen LogP contribution >= 0.6 is 0 Å². The second-order valence-corrected chi connectivity index (χ2v) is 7.16. The van der Waals surface area contributed by atoms with E-state index in [1.807, 2.05) is 12.1 Å². The van der Waals surface area contributed by atoms with Crippen LogP contribution in [0.3, 0.4) is 0 Å². The molecule has 0 bridgehead atoms. The molecule has 1 N–H and O–H groups in total. The highest BCUT2D eigenvalue weighted by atomic mass is 16.3. The lowest BCUT2D eigenvalue weighted by molar-refractivity contribution is 0.282. The molecular formula is C21H35NO. The minimum Gasteiger partial charge on any atom is -0.392 e. The van der Waals surface area contributed by atoms with Gasteiger partial charge in [0, 0.05) is 18.8 Å². The third-order valence-corrected chi connectivity index (χ3v) is 5.31. The fourth-order valence-electron chi connectivity index (χ4n) is 3.68. The topological polar surface area (TPSA) is 23.5 Å². The Balaban J connectivity index is 1.58. The van der Waals surface area contributed by atoms with Crippen molar-refractivity contribution in [2.24, 2.45) is 5.92 Å². The van der Waals surface area contributed by atoms with Gasteiger partial charge in [0.1, 0.15) is 0 Å². The number of piperidine rings is 1. The van der Waals surface area contributed by atoms with Crippen LogP contribution in [0.4, 0.5) is 5.69 Å². The minimum atomic E-state index is 0.140. The number of hydrogen-bond acceptors (Lipinski definition) is 2. The van der Waals surface area contributed by atoms with E-state index < -0.39 is 0 Å². The van der Waals surface area contributed by atoms with Crippen molar-refractivity contribution in [3.8, 4) is 0 Å². The zero-order chi connectivity index (χ0) is 16.3. The largest absolute Gasteiger partial charge is 0.392 e. The molecule has 1 aromatic carbocycles. The molecule has 1 saturated heterocycles. The van der Waals surface area contributed by atoms with Gasteiger partial charge in [-0.3, -0.25) is 0 Å². The number of hydrogen-bond donors (Lipinski definition) is 1. The lowest BCUT2D eigenvalue weighted by atomic mass is 9.90. The Bertz CT molecular complexity index is 406. The van der Waals surface area contributed by atoms with Crippen molar-refractivity contribution < 1.29 is 5.11 Å². The van der Waals surface area contributed by atoms with Gasteiger partial charge in [0.15, 0.2) is 0 Å². The van der Waals surface area contributed by atoms with Gasteiger partial charge in [-0.05, 0) is 36.5 Å². The van der Waals surface area contributed by atoms with Crippen LogP contribution in [-0.4, -0.2) is 18.2 Å². The molecule has 1 aromatic rings. The summed E-state index contributed by atoms with van der Waals surface area (Å²) in [6.45, 7) is 4.81. The van der Waals surface area contributed by atoms with E-state index in [0.717, 1.165) is 11.5 Å².